The lowest BCUT2D eigenvalue weighted by molar-refractivity contribution is -0.384. The number of amides is 1. The van der Waals surface area contributed by atoms with Crippen LogP contribution in [0.4, 0.5) is 15.8 Å². The van der Waals surface area contributed by atoms with Gasteiger partial charge >= 0.3 is 0 Å². The highest BCUT2D eigenvalue weighted by Crippen LogP contribution is 2.32. The first kappa shape index (κ1) is 27.1. The van der Waals surface area contributed by atoms with Gasteiger partial charge < -0.3 is 9.47 Å². The fourth-order valence-electron chi connectivity index (χ4n) is 3.25. The number of carbonyl (C=O) groups is 1. The van der Waals surface area contributed by atoms with Crippen LogP contribution in [0.25, 0.3) is 0 Å². The first-order valence-corrected chi connectivity index (χ1v) is 12.1. The highest BCUT2D eigenvalue weighted by Gasteiger charge is 2.28. The van der Waals surface area contributed by atoms with E-state index in [0.29, 0.717) is 11.3 Å². The topological polar surface area (TPSA) is 140 Å². The molecule has 0 unspecified atom stereocenters. The Morgan fingerprint density at radius 2 is 1.73 bits per heavy atom. The normalized spacial score (nSPS) is 11.5. The number of nitrogens with one attached hydrogen (secondary N) is 1. The largest absolute Gasteiger partial charge is 0.493 e. The number of nitro benzene ring substituents is 1. The monoisotopic (exact) mass is 530 g/mol. The molecule has 0 fully saturated rings. The van der Waals surface area contributed by atoms with Crippen LogP contribution < -0.4 is 19.2 Å². The molecule has 0 bridgehead atoms. The van der Waals surface area contributed by atoms with Gasteiger partial charge in [-0.3, -0.25) is 19.2 Å². The van der Waals surface area contributed by atoms with Crippen LogP contribution >= 0.6 is 0 Å². The maximum absolute atomic E-state index is 13.5. The fourth-order valence-corrected chi connectivity index (χ4v) is 4.68. The minimum atomic E-state index is -4.33. The molecule has 3 aromatic carbocycles. The van der Waals surface area contributed by atoms with E-state index in [1.165, 1.54) is 69.7 Å². The maximum atomic E-state index is 13.5. The average molecular weight is 531 g/mol. The Morgan fingerprint density at radius 1 is 1.05 bits per heavy atom. The Hall–Kier alpha value is -4.52. The fraction of sp³-hybridized carbons (Fsp3) is 0.167. The number of sulfonamides is 1. The first-order chi connectivity index (χ1) is 17.6. The minimum Gasteiger partial charge on any atom is -0.493 e. The molecule has 0 atom stereocenters. The number of carbonyl (C=O) groups excluding carboxylic acids is 1. The van der Waals surface area contributed by atoms with Crippen LogP contribution in [0.15, 0.2) is 76.7 Å². The van der Waals surface area contributed by atoms with Gasteiger partial charge in [0, 0.05) is 23.8 Å². The number of halogens is 1. The molecule has 0 aliphatic heterocycles. The number of nitro groups is 1. The Labute approximate surface area is 212 Å². The number of non-ortho nitro benzene ring substituents is 1. The van der Waals surface area contributed by atoms with Crippen molar-refractivity contribution in [3.63, 3.8) is 0 Å². The van der Waals surface area contributed by atoms with Crippen LogP contribution in [0.5, 0.6) is 11.5 Å². The van der Waals surface area contributed by atoms with Crippen LogP contribution in [0.1, 0.15) is 12.5 Å². The van der Waals surface area contributed by atoms with Gasteiger partial charge in [0.05, 0.1) is 35.4 Å². The predicted octanol–water partition coefficient (Wildman–Crippen LogP) is 3.49. The molecule has 0 aromatic heterocycles. The molecule has 13 heteroatoms. The van der Waals surface area contributed by atoms with Crippen LogP contribution in [0.2, 0.25) is 0 Å². The van der Waals surface area contributed by atoms with Gasteiger partial charge in [0.2, 0.25) is 0 Å². The number of anilines is 1. The van der Waals surface area contributed by atoms with E-state index in [-0.39, 0.29) is 27.7 Å². The molecule has 37 heavy (non-hydrogen) atoms. The Morgan fingerprint density at radius 3 is 2.35 bits per heavy atom. The van der Waals surface area contributed by atoms with Crippen molar-refractivity contribution in [2.24, 2.45) is 5.10 Å². The highest BCUT2D eigenvalue weighted by molar-refractivity contribution is 7.92. The summed E-state index contributed by atoms with van der Waals surface area (Å²) in [5.74, 6) is -0.935. The van der Waals surface area contributed by atoms with Gasteiger partial charge in [-0.1, -0.05) is 12.1 Å². The zero-order valence-electron chi connectivity index (χ0n) is 20.0. The Kier molecular flexibility index (Phi) is 8.40. The minimum absolute atomic E-state index is 0.0331. The summed E-state index contributed by atoms with van der Waals surface area (Å²) in [7, 11) is -1.59. The molecule has 0 spiro atoms. The number of hydrogen-bond acceptors (Lipinski definition) is 8. The molecule has 194 valence electrons. The zero-order valence-corrected chi connectivity index (χ0v) is 20.9. The Bertz CT molecular complexity index is 1440. The maximum Gasteiger partial charge on any atom is 0.270 e. The summed E-state index contributed by atoms with van der Waals surface area (Å²) in [6.45, 7) is 0.825. The average Bonchev–Trinajstić information content (AvgIpc) is 2.90. The van der Waals surface area contributed by atoms with Crippen molar-refractivity contribution in [3.8, 4) is 11.5 Å². The summed E-state index contributed by atoms with van der Waals surface area (Å²) in [5, 5.41) is 14.9. The van der Waals surface area contributed by atoms with Crippen molar-refractivity contribution in [2.45, 2.75) is 11.8 Å². The summed E-state index contributed by atoms with van der Waals surface area (Å²) in [4.78, 5) is 23.0. The lowest BCUT2D eigenvalue weighted by Crippen LogP contribution is -2.39. The van der Waals surface area contributed by atoms with Gasteiger partial charge in [0.15, 0.2) is 11.5 Å². The highest BCUT2D eigenvalue weighted by atomic mass is 32.2. The molecular formula is C24H23FN4O7S. The second-order valence-corrected chi connectivity index (χ2v) is 9.41. The SMILES string of the molecule is COc1ccc(S(=O)(=O)N(CC(=O)N/N=C(/C)c2cccc([N+](=O)[O-])c2)c2ccc(F)cc2)cc1OC. The third-order valence-electron chi connectivity index (χ3n) is 5.17. The van der Waals surface area contributed by atoms with Crippen LogP contribution in [-0.4, -0.2) is 45.7 Å². The standard InChI is InChI=1S/C24H23FN4O7S/c1-16(17-5-4-6-20(13-17)29(31)32)26-27-24(30)15-28(19-9-7-18(25)8-10-19)37(33,34)21-11-12-22(35-2)23(14-21)36-3/h4-14H,15H2,1-3H3,(H,27,30)/b26-16-. The molecule has 3 aromatic rings. The predicted molar refractivity (Wildman–Crippen MR) is 134 cm³/mol. The molecule has 3 rings (SSSR count). The van der Waals surface area contributed by atoms with Gasteiger partial charge in [0.25, 0.3) is 21.6 Å². The lowest BCUT2D eigenvalue weighted by Gasteiger charge is -2.24. The zero-order chi connectivity index (χ0) is 27.2. The molecule has 0 aliphatic carbocycles. The number of nitrogens with zero attached hydrogens (tertiary/aromatic N) is 3. The summed E-state index contributed by atoms with van der Waals surface area (Å²) in [5.41, 5.74) is 2.79. The van der Waals surface area contributed by atoms with E-state index in [1.54, 1.807) is 6.07 Å². The van der Waals surface area contributed by atoms with Crippen molar-refractivity contribution in [1.29, 1.82) is 0 Å². The van der Waals surface area contributed by atoms with E-state index >= 15 is 0 Å². The lowest BCUT2D eigenvalue weighted by atomic mass is 10.1. The molecule has 1 amide bonds. The second-order valence-electron chi connectivity index (χ2n) is 7.54. The van der Waals surface area contributed by atoms with E-state index in [0.717, 1.165) is 16.4 Å². The molecule has 1 N–H and O–H groups in total. The summed E-state index contributed by atoms with van der Waals surface area (Å²) >= 11 is 0. The number of ether oxygens (including phenoxy) is 2. The third-order valence-corrected chi connectivity index (χ3v) is 6.94. The van der Waals surface area contributed by atoms with Crippen LogP contribution in [0.3, 0.4) is 0 Å². The van der Waals surface area contributed by atoms with Crippen LogP contribution in [0, 0.1) is 15.9 Å². The smallest absolute Gasteiger partial charge is 0.270 e. The number of hydrogen-bond donors (Lipinski definition) is 1. The quantitative estimate of drug-likeness (QED) is 0.240. The van der Waals surface area contributed by atoms with E-state index in [4.69, 9.17) is 9.47 Å². The van der Waals surface area contributed by atoms with Gasteiger partial charge in [-0.2, -0.15) is 5.10 Å². The van der Waals surface area contributed by atoms with Gasteiger partial charge in [-0.05, 0) is 43.3 Å². The molecular weight excluding hydrogens is 507 g/mol. The van der Waals surface area contributed by atoms with Crippen LogP contribution in [-0.2, 0) is 14.8 Å². The van der Waals surface area contributed by atoms with Gasteiger partial charge in [-0.25, -0.2) is 18.2 Å². The van der Waals surface area contributed by atoms with E-state index in [2.05, 4.69) is 10.5 Å². The van der Waals surface area contributed by atoms with Crippen molar-refractivity contribution in [3.05, 3.63) is 88.2 Å². The number of hydrazone groups is 1. The van der Waals surface area contributed by atoms with Crippen molar-refractivity contribution >= 4 is 33.0 Å². The van der Waals surface area contributed by atoms with Crippen molar-refractivity contribution in [2.75, 3.05) is 25.1 Å². The second kappa shape index (κ2) is 11.5. The molecule has 0 radical (unpaired) electrons. The number of benzene rings is 3. The summed E-state index contributed by atoms with van der Waals surface area (Å²) in [6, 6.07) is 14.2. The van der Waals surface area contributed by atoms with Crippen molar-refractivity contribution in [1.82, 2.24) is 5.43 Å². The van der Waals surface area contributed by atoms with E-state index in [1.807, 2.05) is 0 Å². The first-order valence-electron chi connectivity index (χ1n) is 10.6. The molecule has 0 saturated carbocycles. The summed E-state index contributed by atoms with van der Waals surface area (Å²) < 4.78 is 51.7. The molecule has 0 saturated heterocycles. The number of rotatable bonds is 10. The van der Waals surface area contributed by atoms with Gasteiger partial charge in [-0.15, -0.1) is 0 Å². The number of methoxy groups -OCH3 is 2. The van der Waals surface area contributed by atoms with E-state index in [9.17, 15) is 27.7 Å². The van der Waals surface area contributed by atoms with Crippen molar-refractivity contribution < 1.29 is 32.0 Å². The molecule has 0 heterocycles. The summed E-state index contributed by atoms with van der Waals surface area (Å²) in [6.07, 6.45) is 0. The Balaban J connectivity index is 1.91. The third kappa shape index (κ3) is 6.38. The van der Waals surface area contributed by atoms with E-state index < -0.39 is 33.2 Å². The molecule has 0 aliphatic rings. The van der Waals surface area contributed by atoms with Gasteiger partial charge in [0.1, 0.15) is 12.4 Å². The molecule has 11 nitrogen and oxygen atoms in total.